The van der Waals surface area contributed by atoms with E-state index in [-0.39, 0.29) is 23.8 Å². The molecule has 2 aromatic rings. The van der Waals surface area contributed by atoms with Gasteiger partial charge in [0.25, 0.3) is 5.91 Å². The number of aromatic nitrogens is 2. The van der Waals surface area contributed by atoms with Crippen molar-refractivity contribution >= 4 is 5.91 Å². The van der Waals surface area contributed by atoms with Gasteiger partial charge in [0, 0.05) is 24.7 Å². The van der Waals surface area contributed by atoms with E-state index in [0.717, 1.165) is 18.4 Å². The Balaban J connectivity index is 1.85. The molecule has 6 nitrogen and oxygen atoms in total. The Hall–Kier alpha value is -2.21. The van der Waals surface area contributed by atoms with E-state index < -0.39 is 0 Å². The van der Waals surface area contributed by atoms with Gasteiger partial charge in [-0.25, -0.2) is 0 Å². The predicted molar refractivity (Wildman–Crippen MR) is 93.3 cm³/mol. The number of hydrogen-bond acceptors (Lipinski definition) is 5. The monoisotopic (exact) mass is 343 g/mol. The minimum atomic E-state index is -0.295. The van der Waals surface area contributed by atoms with E-state index in [4.69, 9.17) is 9.26 Å². The number of nitrogens with one attached hydrogen (secondary N) is 1. The summed E-state index contributed by atoms with van der Waals surface area (Å²) in [6.45, 7) is 7.34. The normalized spacial score (nSPS) is 16.8. The molecule has 0 spiro atoms. The van der Waals surface area contributed by atoms with Crippen molar-refractivity contribution in [2.75, 3.05) is 13.2 Å². The third kappa shape index (κ3) is 4.07. The summed E-state index contributed by atoms with van der Waals surface area (Å²) in [7, 11) is 0. The summed E-state index contributed by atoms with van der Waals surface area (Å²) >= 11 is 0. The fraction of sp³-hybridized carbons (Fsp3) is 0.526. The van der Waals surface area contributed by atoms with Gasteiger partial charge in [-0.2, -0.15) is 4.98 Å². The second kappa shape index (κ2) is 7.78. The molecule has 1 N–H and O–H groups in total. The van der Waals surface area contributed by atoms with Crippen LogP contribution in [0.4, 0.5) is 0 Å². The molecular formula is C19H25N3O3. The molecule has 1 aromatic heterocycles. The quantitative estimate of drug-likeness (QED) is 0.900. The number of ether oxygens (including phenoxy) is 1. The Morgan fingerprint density at radius 3 is 2.60 bits per heavy atom. The number of carbonyl (C=O) groups is 1. The van der Waals surface area contributed by atoms with E-state index >= 15 is 0 Å². The zero-order valence-electron chi connectivity index (χ0n) is 15.0. The molecule has 0 aliphatic carbocycles. The maximum absolute atomic E-state index is 12.8. The van der Waals surface area contributed by atoms with E-state index in [1.165, 1.54) is 0 Å². The highest BCUT2D eigenvalue weighted by molar-refractivity contribution is 5.95. The van der Waals surface area contributed by atoms with Crippen LogP contribution in [0, 0.1) is 12.8 Å². The summed E-state index contributed by atoms with van der Waals surface area (Å²) in [6.07, 6.45) is 1.72. The van der Waals surface area contributed by atoms with Gasteiger partial charge in [0.2, 0.25) is 5.89 Å². The SMILES string of the molecule is Cc1ccccc1C(=O)NC(c1nc(C(C)C)no1)C1CCOCC1. The van der Waals surface area contributed by atoms with Gasteiger partial charge in [-0.1, -0.05) is 37.2 Å². The topological polar surface area (TPSA) is 77.3 Å². The van der Waals surface area contributed by atoms with Gasteiger partial charge in [0.1, 0.15) is 6.04 Å². The van der Waals surface area contributed by atoms with E-state index in [1.807, 2.05) is 45.0 Å². The minimum Gasteiger partial charge on any atom is -0.381 e. The maximum atomic E-state index is 12.8. The van der Waals surface area contributed by atoms with E-state index in [0.29, 0.717) is 30.5 Å². The van der Waals surface area contributed by atoms with Crippen molar-refractivity contribution in [2.45, 2.75) is 45.6 Å². The molecule has 1 fully saturated rings. The summed E-state index contributed by atoms with van der Waals surface area (Å²) in [4.78, 5) is 17.3. The third-order valence-corrected chi connectivity index (χ3v) is 4.65. The van der Waals surface area contributed by atoms with Crippen LogP contribution in [-0.4, -0.2) is 29.3 Å². The summed E-state index contributed by atoms with van der Waals surface area (Å²) in [5.41, 5.74) is 1.61. The van der Waals surface area contributed by atoms with Crippen molar-refractivity contribution in [1.82, 2.24) is 15.5 Å². The highest BCUT2D eigenvalue weighted by Crippen LogP contribution is 2.30. The minimum absolute atomic E-state index is 0.112. The Morgan fingerprint density at radius 1 is 1.24 bits per heavy atom. The molecule has 0 bridgehead atoms. The number of nitrogens with zero attached hydrogens (tertiary/aromatic N) is 2. The van der Waals surface area contributed by atoms with Crippen LogP contribution in [0.3, 0.4) is 0 Å². The van der Waals surface area contributed by atoms with Crippen LogP contribution < -0.4 is 5.32 Å². The number of aryl methyl sites for hydroxylation is 1. The molecule has 0 saturated carbocycles. The molecule has 1 amide bonds. The fourth-order valence-corrected chi connectivity index (χ4v) is 3.09. The Kier molecular flexibility index (Phi) is 5.48. The van der Waals surface area contributed by atoms with Gasteiger partial charge in [0.15, 0.2) is 5.82 Å². The molecule has 1 saturated heterocycles. The van der Waals surface area contributed by atoms with Crippen LogP contribution in [-0.2, 0) is 4.74 Å². The summed E-state index contributed by atoms with van der Waals surface area (Å²) in [5, 5.41) is 7.18. The van der Waals surface area contributed by atoms with Crippen LogP contribution in [0.2, 0.25) is 0 Å². The molecular weight excluding hydrogens is 318 g/mol. The lowest BCUT2D eigenvalue weighted by Crippen LogP contribution is -2.36. The average Bonchev–Trinajstić information content (AvgIpc) is 3.11. The molecule has 2 heterocycles. The van der Waals surface area contributed by atoms with Gasteiger partial charge in [-0.3, -0.25) is 4.79 Å². The van der Waals surface area contributed by atoms with Crippen LogP contribution in [0.15, 0.2) is 28.8 Å². The van der Waals surface area contributed by atoms with Crippen LogP contribution in [0.1, 0.15) is 66.3 Å². The summed E-state index contributed by atoms with van der Waals surface area (Å²) in [6, 6.07) is 7.27. The van der Waals surface area contributed by atoms with Gasteiger partial charge in [-0.05, 0) is 37.3 Å². The smallest absolute Gasteiger partial charge is 0.252 e. The maximum Gasteiger partial charge on any atom is 0.252 e. The van der Waals surface area contributed by atoms with Gasteiger partial charge in [0.05, 0.1) is 0 Å². The number of amides is 1. The Labute approximate surface area is 148 Å². The average molecular weight is 343 g/mol. The van der Waals surface area contributed by atoms with E-state index in [2.05, 4.69) is 15.5 Å². The molecule has 3 rings (SSSR count). The third-order valence-electron chi connectivity index (χ3n) is 4.65. The van der Waals surface area contributed by atoms with Crippen molar-refractivity contribution in [3.05, 3.63) is 47.1 Å². The summed E-state index contributed by atoms with van der Waals surface area (Å²) in [5.74, 6) is 1.44. The standard InChI is InChI=1S/C19H25N3O3/c1-12(2)17-21-19(25-22-17)16(14-8-10-24-11-9-14)20-18(23)15-7-5-4-6-13(15)3/h4-7,12,14,16H,8-11H2,1-3H3,(H,20,23). The van der Waals surface area contributed by atoms with E-state index in [1.54, 1.807) is 0 Å². The Morgan fingerprint density at radius 2 is 1.96 bits per heavy atom. The van der Waals surface area contributed by atoms with Crippen LogP contribution >= 0.6 is 0 Å². The predicted octanol–water partition coefficient (Wildman–Crippen LogP) is 3.40. The number of hydrogen-bond donors (Lipinski definition) is 1. The molecule has 1 aliphatic heterocycles. The Bertz CT molecular complexity index is 720. The molecule has 1 atom stereocenters. The van der Waals surface area contributed by atoms with Crippen molar-refractivity contribution in [2.24, 2.45) is 5.92 Å². The first-order valence-corrected chi connectivity index (χ1v) is 8.84. The van der Waals surface area contributed by atoms with Crippen molar-refractivity contribution in [3.8, 4) is 0 Å². The second-order valence-corrected chi connectivity index (χ2v) is 6.86. The largest absolute Gasteiger partial charge is 0.381 e. The first kappa shape index (κ1) is 17.6. The van der Waals surface area contributed by atoms with Gasteiger partial charge < -0.3 is 14.6 Å². The first-order valence-electron chi connectivity index (χ1n) is 8.84. The molecule has 1 aliphatic rings. The molecule has 25 heavy (non-hydrogen) atoms. The van der Waals surface area contributed by atoms with Gasteiger partial charge in [-0.15, -0.1) is 0 Å². The zero-order valence-corrected chi connectivity index (χ0v) is 15.0. The lowest BCUT2D eigenvalue weighted by molar-refractivity contribution is 0.0467. The highest BCUT2D eigenvalue weighted by atomic mass is 16.5. The number of benzene rings is 1. The molecule has 6 heteroatoms. The molecule has 134 valence electrons. The number of carbonyl (C=O) groups excluding carboxylic acids is 1. The van der Waals surface area contributed by atoms with Crippen molar-refractivity contribution < 1.29 is 14.1 Å². The molecule has 1 aromatic carbocycles. The lowest BCUT2D eigenvalue weighted by Gasteiger charge is -2.28. The van der Waals surface area contributed by atoms with Crippen LogP contribution in [0.25, 0.3) is 0 Å². The first-order chi connectivity index (χ1) is 12.1. The molecule has 1 unspecified atom stereocenters. The zero-order chi connectivity index (χ0) is 17.8. The number of rotatable bonds is 5. The molecule has 0 radical (unpaired) electrons. The highest BCUT2D eigenvalue weighted by Gasteiger charge is 2.32. The lowest BCUT2D eigenvalue weighted by atomic mass is 9.91. The second-order valence-electron chi connectivity index (χ2n) is 6.86. The fourth-order valence-electron chi connectivity index (χ4n) is 3.09. The van der Waals surface area contributed by atoms with Gasteiger partial charge >= 0.3 is 0 Å². The van der Waals surface area contributed by atoms with E-state index in [9.17, 15) is 4.79 Å². The van der Waals surface area contributed by atoms with Crippen molar-refractivity contribution in [3.63, 3.8) is 0 Å². The van der Waals surface area contributed by atoms with Crippen molar-refractivity contribution in [1.29, 1.82) is 0 Å². The summed E-state index contributed by atoms with van der Waals surface area (Å²) < 4.78 is 11.0. The van der Waals surface area contributed by atoms with Crippen LogP contribution in [0.5, 0.6) is 0 Å².